The minimum Gasteiger partial charge on any atom is -0.320 e. The summed E-state index contributed by atoms with van der Waals surface area (Å²) in [7, 11) is 0. The zero-order valence-corrected chi connectivity index (χ0v) is 14.8. The fourth-order valence-electron chi connectivity index (χ4n) is 2.40. The second-order valence-electron chi connectivity index (χ2n) is 5.78. The molecule has 1 amide bonds. The lowest BCUT2D eigenvalue weighted by molar-refractivity contribution is -0.137. The van der Waals surface area contributed by atoms with E-state index in [-0.39, 0.29) is 5.69 Å². The average molecular weight is 392 g/mol. The van der Waals surface area contributed by atoms with Crippen LogP contribution >= 0.6 is 11.6 Å². The molecule has 3 aromatic rings. The summed E-state index contributed by atoms with van der Waals surface area (Å²) < 4.78 is 38.0. The third kappa shape index (κ3) is 4.43. The molecule has 0 radical (unpaired) electrons. The minimum atomic E-state index is -4.41. The Morgan fingerprint density at radius 3 is 2.41 bits per heavy atom. The van der Waals surface area contributed by atoms with Crippen LogP contribution in [0.15, 0.2) is 54.9 Å². The van der Waals surface area contributed by atoms with Gasteiger partial charge in [0.25, 0.3) is 5.91 Å². The van der Waals surface area contributed by atoms with E-state index in [9.17, 15) is 18.0 Å². The van der Waals surface area contributed by atoms with E-state index in [2.05, 4.69) is 15.3 Å². The quantitative estimate of drug-likeness (QED) is 0.652. The molecule has 8 heteroatoms. The van der Waals surface area contributed by atoms with Crippen LogP contribution in [0, 0.1) is 6.92 Å². The number of carbonyl (C=O) groups is 1. The van der Waals surface area contributed by atoms with Crippen LogP contribution in [0.1, 0.15) is 21.6 Å². The van der Waals surface area contributed by atoms with E-state index < -0.39 is 17.6 Å². The molecule has 0 unspecified atom stereocenters. The van der Waals surface area contributed by atoms with Crippen molar-refractivity contribution in [3.8, 4) is 11.3 Å². The van der Waals surface area contributed by atoms with Gasteiger partial charge in [-0.2, -0.15) is 13.2 Å². The third-order valence-electron chi connectivity index (χ3n) is 3.81. The Kier molecular flexibility index (Phi) is 5.14. The minimum absolute atomic E-state index is 0.0433. The van der Waals surface area contributed by atoms with E-state index >= 15 is 0 Å². The molecule has 0 atom stereocenters. The number of halogens is 4. The van der Waals surface area contributed by atoms with Gasteiger partial charge in [-0.25, -0.2) is 4.98 Å². The van der Waals surface area contributed by atoms with Gasteiger partial charge in [0.05, 0.1) is 23.7 Å². The van der Waals surface area contributed by atoms with Crippen LogP contribution in [-0.4, -0.2) is 15.9 Å². The van der Waals surface area contributed by atoms with Crippen LogP contribution in [0.25, 0.3) is 11.3 Å². The van der Waals surface area contributed by atoms with Crippen molar-refractivity contribution in [1.29, 1.82) is 0 Å². The van der Waals surface area contributed by atoms with Crippen molar-refractivity contribution < 1.29 is 18.0 Å². The van der Waals surface area contributed by atoms with Crippen LogP contribution < -0.4 is 5.32 Å². The Labute approximate surface area is 158 Å². The molecule has 4 nitrogen and oxygen atoms in total. The summed E-state index contributed by atoms with van der Waals surface area (Å²) in [6, 6.07) is 9.52. The van der Waals surface area contributed by atoms with E-state index in [1.807, 2.05) is 0 Å². The lowest BCUT2D eigenvalue weighted by Crippen LogP contribution is -2.15. The number of carbonyl (C=O) groups excluding carboxylic acids is 1. The van der Waals surface area contributed by atoms with Crippen molar-refractivity contribution in [1.82, 2.24) is 9.97 Å². The second-order valence-corrected chi connectivity index (χ2v) is 6.21. The number of anilines is 1. The Hall–Kier alpha value is -2.93. The summed E-state index contributed by atoms with van der Waals surface area (Å²) in [6.45, 7) is 1.80. The number of rotatable bonds is 3. The molecule has 0 aliphatic rings. The average Bonchev–Trinajstić information content (AvgIpc) is 2.63. The molecule has 2 aromatic carbocycles. The van der Waals surface area contributed by atoms with E-state index in [1.54, 1.807) is 25.1 Å². The Morgan fingerprint density at radius 1 is 1.07 bits per heavy atom. The molecule has 0 saturated heterocycles. The molecule has 0 aliphatic carbocycles. The van der Waals surface area contributed by atoms with Gasteiger partial charge in [0.1, 0.15) is 5.69 Å². The Morgan fingerprint density at radius 2 is 1.78 bits per heavy atom. The van der Waals surface area contributed by atoms with Crippen LogP contribution in [0.2, 0.25) is 5.02 Å². The standard InChI is InChI=1S/C19H13ClF3N3O/c1-11-8-14(20)6-7-15(11)26-18(27)17-10-24-9-16(25-17)12-2-4-13(5-3-12)19(21,22)23/h2-10H,1H3,(H,26,27). The first-order valence-electron chi connectivity index (χ1n) is 7.81. The summed E-state index contributed by atoms with van der Waals surface area (Å²) in [5, 5.41) is 3.26. The van der Waals surface area contributed by atoms with Crippen molar-refractivity contribution in [2.75, 3.05) is 5.32 Å². The number of hydrogen-bond acceptors (Lipinski definition) is 3. The first kappa shape index (κ1) is 18.8. The van der Waals surface area contributed by atoms with E-state index in [0.717, 1.165) is 17.7 Å². The number of aromatic nitrogens is 2. The predicted molar refractivity (Wildman–Crippen MR) is 96.6 cm³/mol. The van der Waals surface area contributed by atoms with Gasteiger partial charge in [-0.05, 0) is 42.8 Å². The van der Waals surface area contributed by atoms with Crippen LogP contribution in [0.5, 0.6) is 0 Å². The number of benzene rings is 2. The van der Waals surface area contributed by atoms with Gasteiger partial charge in [-0.3, -0.25) is 9.78 Å². The SMILES string of the molecule is Cc1cc(Cl)ccc1NC(=O)c1cncc(-c2ccc(C(F)(F)F)cc2)n1. The van der Waals surface area contributed by atoms with Crippen molar-refractivity contribution in [3.05, 3.63) is 76.7 Å². The maximum atomic E-state index is 12.7. The topological polar surface area (TPSA) is 54.9 Å². The van der Waals surface area contributed by atoms with Gasteiger partial charge in [-0.1, -0.05) is 23.7 Å². The summed E-state index contributed by atoms with van der Waals surface area (Å²) in [5.41, 5.74) is 1.36. The molecular formula is C19H13ClF3N3O. The first-order chi connectivity index (χ1) is 12.7. The molecule has 0 aliphatic heterocycles. The molecule has 1 heterocycles. The number of nitrogens with zero attached hydrogens (tertiary/aromatic N) is 2. The highest BCUT2D eigenvalue weighted by Gasteiger charge is 2.30. The Balaban J connectivity index is 1.83. The lowest BCUT2D eigenvalue weighted by atomic mass is 10.1. The predicted octanol–water partition coefficient (Wildman–Crippen LogP) is 5.38. The van der Waals surface area contributed by atoms with Crippen molar-refractivity contribution in [2.24, 2.45) is 0 Å². The van der Waals surface area contributed by atoms with Gasteiger partial charge in [0.2, 0.25) is 0 Å². The van der Waals surface area contributed by atoms with Gasteiger partial charge >= 0.3 is 6.18 Å². The Bertz CT molecular complexity index is 988. The van der Waals surface area contributed by atoms with E-state index in [4.69, 9.17) is 11.6 Å². The molecule has 3 rings (SSSR count). The number of hydrogen-bond donors (Lipinski definition) is 1. The molecular weight excluding hydrogens is 379 g/mol. The summed E-state index contributed by atoms with van der Waals surface area (Å²) in [4.78, 5) is 20.6. The lowest BCUT2D eigenvalue weighted by Gasteiger charge is -2.10. The summed E-state index contributed by atoms with van der Waals surface area (Å²) in [5.74, 6) is -0.485. The maximum absolute atomic E-state index is 12.7. The van der Waals surface area contributed by atoms with E-state index in [1.165, 1.54) is 24.5 Å². The van der Waals surface area contributed by atoms with Crippen molar-refractivity contribution in [2.45, 2.75) is 13.1 Å². The number of alkyl halides is 3. The van der Waals surface area contributed by atoms with Crippen LogP contribution in [0.4, 0.5) is 18.9 Å². The summed E-state index contributed by atoms with van der Waals surface area (Å²) >= 11 is 5.89. The fourth-order valence-corrected chi connectivity index (χ4v) is 2.62. The molecule has 0 spiro atoms. The highest BCUT2D eigenvalue weighted by molar-refractivity contribution is 6.30. The van der Waals surface area contributed by atoms with Gasteiger partial charge < -0.3 is 5.32 Å². The molecule has 0 saturated carbocycles. The van der Waals surface area contributed by atoms with Crippen molar-refractivity contribution >= 4 is 23.2 Å². The highest BCUT2D eigenvalue weighted by atomic mass is 35.5. The highest BCUT2D eigenvalue weighted by Crippen LogP contribution is 2.30. The molecule has 0 bridgehead atoms. The zero-order valence-electron chi connectivity index (χ0n) is 14.0. The van der Waals surface area contributed by atoms with Crippen LogP contribution in [0.3, 0.4) is 0 Å². The molecule has 27 heavy (non-hydrogen) atoms. The number of nitrogens with one attached hydrogen (secondary N) is 1. The normalized spacial score (nSPS) is 11.3. The fraction of sp³-hybridized carbons (Fsp3) is 0.105. The summed E-state index contributed by atoms with van der Waals surface area (Å²) in [6.07, 6.45) is -1.75. The molecule has 1 aromatic heterocycles. The van der Waals surface area contributed by atoms with E-state index in [0.29, 0.717) is 22.0 Å². The number of aryl methyl sites for hydroxylation is 1. The largest absolute Gasteiger partial charge is 0.416 e. The third-order valence-corrected chi connectivity index (χ3v) is 4.05. The molecule has 1 N–H and O–H groups in total. The van der Waals surface area contributed by atoms with Gasteiger partial charge in [0, 0.05) is 16.3 Å². The van der Waals surface area contributed by atoms with Crippen molar-refractivity contribution in [3.63, 3.8) is 0 Å². The van der Waals surface area contributed by atoms with Gasteiger partial charge in [-0.15, -0.1) is 0 Å². The zero-order chi connectivity index (χ0) is 19.6. The van der Waals surface area contributed by atoms with Gasteiger partial charge in [0.15, 0.2) is 0 Å². The molecule has 138 valence electrons. The van der Waals surface area contributed by atoms with Crippen LogP contribution in [-0.2, 0) is 6.18 Å². The smallest absolute Gasteiger partial charge is 0.320 e. The molecule has 0 fully saturated rings. The number of amides is 1. The monoisotopic (exact) mass is 391 g/mol. The first-order valence-corrected chi connectivity index (χ1v) is 8.19. The second kappa shape index (κ2) is 7.36. The maximum Gasteiger partial charge on any atom is 0.416 e.